The van der Waals surface area contributed by atoms with Gasteiger partial charge in [0.25, 0.3) is 0 Å². The van der Waals surface area contributed by atoms with Crippen LogP contribution in [0, 0.1) is 23.7 Å². The quantitative estimate of drug-likeness (QED) is 0.712. The van der Waals surface area contributed by atoms with Crippen LogP contribution in [0.4, 0.5) is 0 Å². The molecule has 2 saturated carbocycles. The fraction of sp³-hybridized carbons (Fsp3) is 0.909. The maximum atomic E-state index is 10.9. The number of aliphatic carboxylic acids is 1. The Bertz CT molecular complexity index is 212. The SMILES string of the molecule is CC(C(=O)O)C1CCC2CCCC21. The average molecular weight is 182 g/mol. The molecule has 0 saturated heterocycles. The monoisotopic (exact) mass is 182 g/mol. The molecule has 2 nitrogen and oxygen atoms in total. The summed E-state index contributed by atoms with van der Waals surface area (Å²) in [5.41, 5.74) is 0. The fourth-order valence-corrected chi connectivity index (χ4v) is 3.41. The maximum absolute atomic E-state index is 10.9. The zero-order valence-corrected chi connectivity index (χ0v) is 8.20. The van der Waals surface area contributed by atoms with Gasteiger partial charge in [0.1, 0.15) is 0 Å². The Labute approximate surface area is 79.3 Å². The van der Waals surface area contributed by atoms with E-state index in [9.17, 15) is 4.79 Å². The number of hydrogen-bond acceptors (Lipinski definition) is 1. The predicted molar refractivity (Wildman–Crippen MR) is 50.4 cm³/mol. The van der Waals surface area contributed by atoms with Gasteiger partial charge in [0.15, 0.2) is 0 Å². The Kier molecular flexibility index (Phi) is 2.31. The van der Waals surface area contributed by atoms with Gasteiger partial charge in [-0.05, 0) is 37.0 Å². The summed E-state index contributed by atoms with van der Waals surface area (Å²) in [5.74, 6) is 1.37. The van der Waals surface area contributed by atoms with Crippen LogP contribution in [0.3, 0.4) is 0 Å². The summed E-state index contributed by atoms with van der Waals surface area (Å²) < 4.78 is 0. The summed E-state index contributed by atoms with van der Waals surface area (Å²) >= 11 is 0. The summed E-state index contributed by atoms with van der Waals surface area (Å²) in [6, 6.07) is 0. The van der Waals surface area contributed by atoms with Gasteiger partial charge in [0.2, 0.25) is 0 Å². The molecular weight excluding hydrogens is 164 g/mol. The topological polar surface area (TPSA) is 37.3 Å². The third kappa shape index (κ3) is 1.47. The molecule has 0 radical (unpaired) electrons. The standard InChI is InChI=1S/C11H18O2/c1-7(11(12)13)9-6-5-8-3-2-4-10(8)9/h7-10H,2-6H2,1H3,(H,12,13). The number of hydrogen-bond donors (Lipinski definition) is 1. The largest absolute Gasteiger partial charge is 0.481 e. The highest BCUT2D eigenvalue weighted by Gasteiger charge is 2.42. The molecule has 4 unspecified atom stereocenters. The number of carbonyl (C=O) groups is 1. The lowest BCUT2D eigenvalue weighted by molar-refractivity contribution is -0.143. The second-order valence-electron chi connectivity index (χ2n) is 4.72. The van der Waals surface area contributed by atoms with E-state index in [1.165, 1.54) is 25.7 Å². The fourth-order valence-electron chi connectivity index (χ4n) is 3.41. The molecular formula is C11H18O2. The van der Waals surface area contributed by atoms with Crippen LogP contribution in [-0.4, -0.2) is 11.1 Å². The van der Waals surface area contributed by atoms with Crippen LogP contribution in [0.1, 0.15) is 39.0 Å². The first-order chi connectivity index (χ1) is 6.20. The Morgan fingerprint density at radius 3 is 2.77 bits per heavy atom. The second-order valence-corrected chi connectivity index (χ2v) is 4.72. The van der Waals surface area contributed by atoms with Gasteiger partial charge in [-0.1, -0.05) is 19.8 Å². The van der Waals surface area contributed by atoms with Crippen molar-refractivity contribution < 1.29 is 9.90 Å². The summed E-state index contributed by atoms with van der Waals surface area (Å²) in [7, 11) is 0. The minimum atomic E-state index is -0.599. The molecule has 0 aromatic rings. The highest BCUT2D eigenvalue weighted by molar-refractivity contribution is 5.70. The van der Waals surface area contributed by atoms with Crippen molar-refractivity contribution in [2.45, 2.75) is 39.0 Å². The molecule has 4 atom stereocenters. The van der Waals surface area contributed by atoms with E-state index >= 15 is 0 Å². The molecule has 2 aliphatic rings. The summed E-state index contributed by atoms with van der Waals surface area (Å²) in [6.07, 6.45) is 6.41. The van der Waals surface area contributed by atoms with Gasteiger partial charge < -0.3 is 5.11 Å². The van der Waals surface area contributed by atoms with E-state index < -0.39 is 5.97 Å². The van der Waals surface area contributed by atoms with E-state index in [0.717, 1.165) is 18.3 Å². The van der Waals surface area contributed by atoms with Gasteiger partial charge in [-0.3, -0.25) is 4.79 Å². The van der Waals surface area contributed by atoms with Gasteiger partial charge in [-0.25, -0.2) is 0 Å². The van der Waals surface area contributed by atoms with E-state index in [-0.39, 0.29) is 5.92 Å². The van der Waals surface area contributed by atoms with Crippen LogP contribution in [0.15, 0.2) is 0 Å². The smallest absolute Gasteiger partial charge is 0.306 e. The minimum Gasteiger partial charge on any atom is -0.481 e. The third-order valence-electron chi connectivity index (χ3n) is 4.17. The average Bonchev–Trinajstić information content (AvgIpc) is 2.61. The van der Waals surface area contributed by atoms with Crippen LogP contribution < -0.4 is 0 Å². The van der Waals surface area contributed by atoms with Crippen molar-refractivity contribution in [1.82, 2.24) is 0 Å². The Morgan fingerprint density at radius 2 is 2.08 bits per heavy atom. The zero-order chi connectivity index (χ0) is 9.42. The lowest BCUT2D eigenvalue weighted by Crippen LogP contribution is -2.24. The Morgan fingerprint density at radius 1 is 1.31 bits per heavy atom. The van der Waals surface area contributed by atoms with Crippen molar-refractivity contribution in [2.24, 2.45) is 23.7 Å². The summed E-state index contributed by atoms with van der Waals surface area (Å²) in [4.78, 5) is 10.9. The van der Waals surface area contributed by atoms with E-state index in [1.807, 2.05) is 6.92 Å². The van der Waals surface area contributed by atoms with E-state index in [2.05, 4.69) is 0 Å². The maximum Gasteiger partial charge on any atom is 0.306 e. The first-order valence-corrected chi connectivity index (χ1v) is 5.43. The van der Waals surface area contributed by atoms with Gasteiger partial charge in [-0.15, -0.1) is 0 Å². The molecule has 13 heavy (non-hydrogen) atoms. The predicted octanol–water partition coefficient (Wildman–Crippen LogP) is 2.53. The minimum absolute atomic E-state index is 0.118. The molecule has 0 heterocycles. The lowest BCUT2D eigenvalue weighted by atomic mass is 9.83. The molecule has 2 aliphatic carbocycles. The zero-order valence-electron chi connectivity index (χ0n) is 8.20. The molecule has 0 amide bonds. The van der Waals surface area contributed by atoms with Crippen molar-refractivity contribution in [3.05, 3.63) is 0 Å². The molecule has 2 rings (SSSR count). The van der Waals surface area contributed by atoms with Crippen LogP contribution in [0.2, 0.25) is 0 Å². The van der Waals surface area contributed by atoms with Crippen molar-refractivity contribution in [3.8, 4) is 0 Å². The third-order valence-corrected chi connectivity index (χ3v) is 4.17. The van der Waals surface area contributed by atoms with Gasteiger partial charge in [0.05, 0.1) is 5.92 Å². The number of rotatable bonds is 2. The highest BCUT2D eigenvalue weighted by atomic mass is 16.4. The van der Waals surface area contributed by atoms with E-state index in [0.29, 0.717) is 5.92 Å². The molecule has 2 heteroatoms. The van der Waals surface area contributed by atoms with Gasteiger partial charge in [-0.2, -0.15) is 0 Å². The molecule has 0 aromatic carbocycles. The van der Waals surface area contributed by atoms with Crippen molar-refractivity contribution in [2.75, 3.05) is 0 Å². The Hall–Kier alpha value is -0.530. The van der Waals surface area contributed by atoms with Crippen LogP contribution in [-0.2, 0) is 4.79 Å². The molecule has 0 aliphatic heterocycles. The lowest BCUT2D eigenvalue weighted by Gasteiger charge is -2.21. The number of carboxylic acid groups (broad SMARTS) is 1. The van der Waals surface area contributed by atoms with Crippen LogP contribution in [0.5, 0.6) is 0 Å². The van der Waals surface area contributed by atoms with Crippen molar-refractivity contribution in [1.29, 1.82) is 0 Å². The van der Waals surface area contributed by atoms with Gasteiger partial charge >= 0.3 is 5.97 Å². The molecule has 1 N–H and O–H groups in total. The van der Waals surface area contributed by atoms with Crippen LogP contribution >= 0.6 is 0 Å². The number of carboxylic acids is 1. The van der Waals surface area contributed by atoms with Crippen molar-refractivity contribution in [3.63, 3.8) is 0 Å². The van der Waals surface area contributed by atoms with E-state index in [4.69, 9.17) is 5.11 Å². The van der Waals surface area contributed by atoms with E-state index in [1.54, 1.807) is 0 Å². The first-order valence-electron chi connectivity index (χ1n) is 5.43. The summed E-state index contributed by atoms with van der Waals surface area (Å²) in [5, 5.41) is 8.96. The molecule has 0 spiro atoms. The molecule has 0 bridgehead atoms. The molecule has 0 aromatic heterocycles. The molecule has 74 valence electrons. The summed E-state index contributed by atoms with van der Waals surface area (Å²) in [6.45, 7) is 1.88. The van der Waals surface area contributed by atoms with Gasteiger partial charge in [0, 0.05) is 0 Å². The molecule has 2 fully saturated rings. The highest BCUT2D eigenvalue weighted by Crippen LogP contribution is 2.50. The van der Waals surface area contributed by atoms with Crippen molar-refractivity contribution >= 4 is 5.97 Å². The second kappa shape index (κ2) is 3.32. The first kappa shape index (κ1) is 9.04. The normalized spacial score (nSPS) is 40.2. The van der Waals surface area contributed by atoms with Crippen LogP contribution in [0.25, 0.3) is 0 Å². The Balaban J connectivity index is 2.04. The number of fused-ring (bicyclic) bond motifs is 1.